The Morgan fingerprint density at radius 2 is 1.56 bits per heavy atom. The van der Waals surface area contributed by atoms with Crippen LogP contribution in [0, 0.1) is 0 Å². The number of rotatable bonds is 4. The number of halogens is 3. The number of hydrogen-bond donors (Lipinski definition) is 1. The maximum atomic E-state index is 13.1. The molecule has 0 aliphatic rings. The number of ether oxygens (including phenoxy) is 2. The van der Waals surface area contributed by atoms with E-state index in [-0.39, 0.29) is 11.3 Å². The summed E-state index contributed by atoms with van der Waals surface area (Å²) >= 11 is 0. The molecule has 25 heavy (non-hydrogen) atoms. The quantitative estimate of drug-likeness (QED) is 0.756. The van der Waals surface area contributed by atoms with Crippen molar-refractivity contribution < 1.29 is 22.6 Å². The van der Waals surface area contributed by atoms with Crippen molar-refractivity contribution in [1.82, 2.24) is 9.97 Å². The predicted molar refractivity (Wildman–Crippen MR) is 87.4 cm³/mol. The fraction of sp³-hybridized carbons (Fsp3) is 0.176. The molecule has 0 radical (unpaired) electrons. The first-order valence-electron chi connectivity index (χ1n) is 7.25. The number of fused-ring (bicyclic) bond motifs is 1. The fourth-order valence-corrected chi connectivity index (χ4v) is 2.31. The highest BCUT2D eigenvalue weighted by atomic mass is 19.4. The lowest BCUT2D eigenvalue weighted by Crippen LogP contribution is -2.12. The van der Waals surface area contributed by atoms with Crippen molar-refractivity contribution in [1.29, 1.82) is 0 Å². The van der Waals surface area contributed by atoms with E-state index in [2.05, 4.69) is 15.3 Å². The Labute approximate surface area is 141 Å². The van der Waals surface area contributed by atoms with Gasteiger partial charge in [-0.15, -0.1) is 0 Å². The average Bonchev–Trinajstić information content (AvgIpc) is 2.60. The Hall–Kier alpha value is -3.03. The number of alkyl halides is 3. The van der Waals surface area contributed by atoms with Gasteiger partial charge in [0.2, 0.25) is 5.82 Å². The Balaban J connectivity index is 2.12. The Morgan fingerprint density at radius 1 is 0.920 bits per heavy atom. The van der Waals surface area contributed by atoms with Crippen LogP contribution < -0.4 is 14.8 Å². The second-order valence-corrected chi connectivity index (χ2v) is 5.14. The van der Waals surface area contributed by atoms with Crippen molar-refractivity contribution in [2.45, 2.75) is 6.18 Å². The van der Waals surface area contributed by atoms with E-state index in [1.807, 2.05) is 0 Å². The molecule has 0 bridgehead atoms. The lowest BCUT2D eigenvalue weighted by molar-refractivity contribution is -0.144. The smallest absolute Gasteiger partial charge is 0.451 e. The van der Waals surface area contributed by atoms with Crippen LogP contribution in [0.2, 0.25) is 0 Å². The van der Waals surface area contributed by atoms with Crippen LogP contribution in [0.3, 0.4) is 0 Å². The van der Waals surface area contributed by atoms with Crippen molar-refractivity contribution in [2.24, 2.45) is 0 Å². The van der Waals surface area contributed by atoms with Crippen molar-refractivity contribution >= 4 is 22.4 Å². The van der Waals surface area contributed by atoms with Crippen LogP contribution in [-0.2, 0) is 6.18 Å². The molecule has 0 fully saturated rings. The van der Waals surface area contributed by atoms with E-state index in [0.717, 1.165) is 0 Å². The Bertz CT molecular complexity index is 891. The third kappa shape index (κ3) is 3.57. The monoisotopic (exact) mass is 349 g/mol. The van der Waals surface area contributed by atoms with Crippen molar-refractivity contribution in [3.05, 3.63) is 48.3 Å². The van der Waals surface area contributed by atoms with E-state index in [4.69, 9.17) is 9.47 Å². The number of aromatic nitrogens is 2. The molecule has 0 spiro atoms. The molecular weight excluding hydrogens is 335 g/mol. The Kier molecular flexibility index (Phi) is 4.35. The van der Waals surface area contributed by atoms with Gasteiger partial charge in [0.05, 0.1) is 19.7 Å². The molecule has 3 aromatic rings. The molecule has 0 saturated heterocycles. The summed E-state index contributed by atoms with van der Waals surface area (Å²) in [4.78, 5) is 7.24. The third-order valence-electron chi connectivity index (χ3n) is 3.47. The van der Waals surface area contributed by atoms with Gasteiger partial charge in [0.15, 0.2) is 0 Å². The van der Waals surface area contributed by atoms with Crippen LogP contribution in [-0.4, -0.2) is 24.2 Å². The maximum absolute atomic E-state index is 13.1. The van der Waals surface area contributed by atoms with Crippen LogP contribution in [0.5, 0.6) is 11.5 Å². The first-order chi connectivity index (χ1) is 11.9. The highest BCUT2D eigenvalue weighted by molar-refractivity contribution is 5.91. The summed E-state index contributed by atoms with van der Waals surface area (Å²) in [6.07, 6.45) is -4.65. The standard InChI is InChI=1S/C17H14F3N3O2/c1-24-11-7-10(8-12(9-11)25-2)21-15-13-5-3-4-6-14(13)22-16(23-15)17(18,19)20/h3-9H,1-2H3,(H,21,22,23). The number of benzene rings is 2. The van der Waals surface area contributed by atoms with Gasteiger partial charge in [0.25, 0.3) is 0 Å². The highest BCUT2D eigenvalue weighted by Crippen LogP contribution is 2.33. The number of nitrogens with zero attached hydrogens (tertiary/aromatic N) is 2. The summed E-state index contributed by atoms with van der Waals surface area (Å²) in [5, 5.41) is 3.37. The molecule has 5 nitrogen and oxygen atoms in total. The van der Waals surface area contributed by atoms with Gasteiger partial charge in [0.1, 0.15) is 17.3 Å². The van der Waals surface area contributed by atoms with E-state index >= 15 is 0 Å². The van der Waals surface area contributed by atoms with Crippen molar-refractivity contribution in [2.75, 3.05) is 19.5 Å². The molecule has 0 aliphatic carbocycles. The summed E-state index contributed by atoms with van der Waals surface area (Å²) < 4.78 is 49.6. The molecule has 0 amide bonds. The van der Waals surface area contributed by atoms with Gasteiger partial charge in [-0.25, -0.2) is 9.97 Å². The van der Waals surface area contributed by atoms with E-state index in [0.29, 0.717) is 22.6 Å². The van der Waals surface area contributed by atoms with Gasteiger partial charge in [-0.2, -0.15) is 13.2 Å². The summed E-state index contributed by atoms with van der Waals surface area (Å²) in [6, 6.07) is 11.4. The summed E-state index contributed by atoms with van der Waals surface area (Å²) in [5.74, 6) is -0.163. The molecule has 3 rings (SSSR count). The SMILES string of the molecule is COc1cc(Nc2nc(C(F)(F)F)nc3ccccc23)cc(OC)c1. The van der Waals surface area contributed by atoms with E-state index in [1.165, 1.54) is 20.3 Å². The minimum atomic E-state index is -4.65. The summed E-state index contributed by atoms with van der Waals surface area (Å²) in [6.45, 7) is 0. The predicted octanol–water partition coefficient (Wildman–Crippen LogP) is 4.41. The summed E-state index contributed by atoms with van der Waals surface area (Å²) in [5.41, 5.74) is 0.676. The molecule has 1 N–H and O–H groups in total. The summed E-state index contributed by atoms with van der Waals surface area (Å²) in [7, 11) is 2.97. The normalized spacial score (nSPS) is 11.4. The zero-order valence-electron chi connectivity index (χ0n) is 13.4. The average molecular weight is 349 g/mol. The van der Waals surface area contributed by atoms with Crippen LogP contribution in [0.4, 0.5) is 24.7 Å². The van der Waals surface area contributed by atoms with Crippen LogP contribution in [0.25, 0.3) is 10.9 Å². The number of para-hydroxylation sites is 1. The molecule has 1 heterocycles. The Morgan fingerprint density at radius 3 is 2.16 bits per heavy atom. The molecule has 1 aromatic heterocycles. The topological polar surface area (TPSA) is 56.3 Å². The zero-order valence-corrected chi connectivity index (χ0v) is 13.4. The lowest BCUT2D eigenvalue weighted by atomic mass is 10.2. The molecule has 0 saturated carbocycles. The van der Waals surface area contributed by atoms with Gasteiger partial charge < -0.3 is 14.8 Å². The van der Waals surface area contributed by atoms with Crippen LogP contribution in [0.1, 0.15) is 5.82 Å². The second kappa shape index (κ2) is 6.46. The van der Waals surface area contributed by atoms with E-state index in [9.17, 15) is 13.2 Å². The molecule has 8 heteroatoms. The van der Waals surface area contributed by atoms with Crippen LogP contribution >= 0.6 is 0 Å². The number of methoxy groups -OCH3 is 2. The first-order valence-corrected chi connectivity index (χ1v) is 7.25. The zero-order chi connectivity index (χ0) is 18.0. The van der Waals surface area contributed by atoms with Gasteiger partial charge in [-0.3, -0.25) is 0 Å². The molecule has 130 valence electrons. The highest BCUT2D eigenvalue weighted by Gasteiger charge is 2.35. The fourth-order valence-electron chi connectivity index (χ4n) is 2.31. The number of nitrogens with one attached hydrogen (secondary N) is 1. The number of hydrogen-bond acceptors (Lipinski definition) is 5. The molecule has 2 aromatic carbocycles. The third-order valence-corrected chi connectivity index (χ3v) is 3.47. The largest absolute Gasteiger partial charge is 0.497 e. The van der Waals surface area contributed by atoms with Gasteiger partial charge in [-0.1, -0.05) is 12.1 Å². The van der Waals surface area contributed by atoms with E-state index in [1.54, 1.807) is 36.4 Å². The molecule has 0 atom stereocenters. The van der Waals surface area contributed by atoms with E-state index < -0.39 is 12.0 Å². The molecular formula is C17H14F3N3O2. The van der Waals surface area contributed by atoms with Crippen LogP contribution in [0.15, 0.2) is 42.5 Å². The second-order valence-electron chi connectivity index (χ2n) is 5.14. The maximum Gasteiger partial charge on any atom is 0.451 e. The van der Waals surface area contributed by atoms with Gasteiger partial charge in [0, 0.05) is 29.3 Å². The first kappa shape index (κ1) is 16.8. The van der Waals surface area contributed by atoms with Gasteiger partial charge in [-0.05, 0) is 12.1 Å². The molecule has 0 unspecified atom stereocenters. The van der Waals surface area contributed by atoms with Gasteiger partial charge >= 0.3 is 6.18 Å². The lowest BCUT2D eigenvalue weighted by Gasteiger charge is -2.14. The minimum Gasteiger partial charge on any atom is -0.497 e. The number of anilines is 2. The molecule has 0 aliphatic heterocycles. The van der Waals surface area contributed by atoms with Crippen molar-refractivity contribution in [3.63, 3.8) is 0 Å². The van der Waals surface area contributed by atoms with Crippen molar-refractivity contribution in [3.8, 4) is 11.5 Å². The minimum absolute atomic E-state index is 0.0493.